The SMILES string of the molecule is CCOc1nc(Nc2ccc(-c3ccc(C(=O)OC)o3)cc2)cc(N)c1C#N. The van der Waals surface area contributed by atoms with E-state index in [1.54, 1.807) is 25.1 Å². The number of benzene rings is 1. The molecule has 0 saturated heterocycles. The molecule has 0 amide bonds. The van der Waals surface area contributed by atoms with Crippen LogP contribution in [0.2, 0.25) is 0 Å². The van der Waals surface area contributed by atoms with Crippen molar-refractivity contribution in [2.45, 2.75) is 6.92 Å². The van der Waals surface area contributed by atoms with E-state index in [0.29, 0.717) is 18.2 Å². The van der Waals surface area contributed by atoms with E-state index in [-0.39, 0.29) is 22.9 Å². The summed E-state index contributed by atoms with van der Waals surface area (Å²) >= 11 is 0. The lowest BCUT2D eigenvalue weighted by atomic mass is 10.1. The minimum Gasteiger partial charge on any atom is -0.477 e. The molecule has 0 saturated carbocycles. The molecule has 0 aliphatic rings. The fourth-order valence-corrected chi connectivity index (χ4v) is 2.53. The molecule has 1 aromatic carbocycles. The zero-order valence-electron chi connectivity index (χ0n) is 15.4. The van der Waals surface area contributed by atoms with Crippen LogP contribution in [0.3, 0.4) is 0 Å². The first-order valence-electron chi connectivity index (χ1n) is 8.44. The quantitative estimate of drug-likeness (QED) is 0.622. The van der Waals surface area contributed by atoms with Crippen LogP contribution in [0.4, 0.5) is 17.2 Å². The van der Waals surface area contributed by atoms with Crippen LogP contribution < -0.4 is 15.8 Å². The smallest absolute Gasteiger partial charge is 0.373 e. The average molecular weight is 378 g/mol. The zero-order valence-corrected chi connectivity index (χ0v) is 15.4. The molecule has 3 aromatic rings. The zero-order chi connectivity index (χ0) is 20.1. The van der Waals surface area contributed by atoms with Crippen LogP contribution in [0.1, 0.15) is 23.0 Å². The summed E-state index contributed by atoms with van der Waals surface area (Å²) < 4.78 is 15.5. The minimum atomic E-state index is -0.529. The van der Waals surface area contributed by atoms with E-state index in [9.17, 15) is 10.1 Å². The maximum absolute atomic E-state index is 11.5. The number of esters is 1. The summed E-state index contributed by atoms with van der Waals surface area (Å²) in [6, 6.07) is 14.1. The number of carbonyl (C=O) groups is 1. The molecule has 0 aliphatic heterocycles. The first-order chi connectivity index (χ1) is 13.5. The largest absolute Gasteiger partial charge is 0.477 e. The van der Waals surface area contributed by atoms with E-state index in [1.807, 2.05) is 30.3 Å². The molecule has 0 aliphatic carbocycles. The highest BCUT2D eigenvalue weighted by molar-refractivity contribution is 5.87. The van der Waals surface area contributed by atoms with Gasteiger partial charge >= 0.3 is 5.97 Å². The van der Waals surface area contributed by atoms with Crippen LogP contribution in [0.5, 0.6) is 5.88 Å². The van der Waals surface area contributed by atoms with Gasteiger partial charge in [-0.25, -0.2) is 4.79 Å². The highest BCUT2D eigenvalue weighted by Crippen LogP contribution is 2.28. The molecule has 0 spiro atoms. The average Bonchev–Trinajstić information content (AvgIpc) is 3.18. The number of nitrogens with zero attached hydrogens (tertiary/aromatic N) is 2. The Labute approximate surface area is 161 Å². The van der Waals surface area contributed by atoms with E-state index in [4.69, 9.17) is 14.9 Å². The van der Waals surface area contributed by atoms with E-state index in [0.717, 1.165) is 11.3 Å². The van der Waals surface area contributed by atoms with Gasteiger partial charge < -0.3 is 24.9 Å². The van der Waals surface area contributed by atoms with E-state index in [1.165, 1.54) is 7.11 Å². The number of furan rings is 1. The molecule has 142 valence electrons. The Kier molecular flexibility index (Phi) is 5.46. The molecule has 0 bridgehead atoms. The highest BCUT2D eigenvalue weighted by Gasteiger charge is 2.13. The summed E-state index contributed by atoms with van der Waals surface area (Å²) in [6.07, 6.45) is 0. The van der Waals surface area contributed by atoms with Gasteiger partial charge in [0.1, 0.15) is 23.2 Å². The topological polar surface area (TPSA) is 123 Å². The van der Waals surface area contributed by atoms with Crippen LogP contribution in [0.25, 0.3) is 11.3 Å². The van der Waals surface area contributed by atoms with Crippen molar-refractivity contribution in [3.8, 4) is 23.3 Å². The first-order valence-corrected chi connectivity index (χ1v) is 8.44. The number of ether oxygens (including phenoxy) is 2. The molecule has 0 radical (unpaired) electrons. The monoisotopic (exact) mass is 378 g/mol. The fourth-order valence-electron chi connectivity index (χ4n) is 2.53. The predicted molar refractivity (Wildman–Crippen MR) is 103 cm³/mol. The Balaban J connectivity index is 1.80. The van der Waals surface area contributed by atoms with Crippen molar-refractivity contribution < 1.29 is 18.7 Å². The molecule has 0 fully saturated rings. The molecule has 8 heteroatoms. The van der Waals surface area contributed by atoms with Crippen molar-refractivity contribution >= 4 is 23.2 Å². The lowest BCUT2D eigenvalue weighted by Crippen LogP contribution is -2.04. The Morgan fingerprint density at radius 1 is 1.29 bits per heavy atom. The number of carbonyl (C=O) groups excluding carboxylic acids is 1. The fraction of sp³-hybridized carbons (Fsp3) is 0.150. The molecule has 28 heavy (non-hydrogen) atoms. The standard InChI is InChI=1S/C20H18N4O4/c1-3-27-19-14(11-21)15(22)10-18(24-19)23-13-6-4-12(5-7-13)16-8-9-17(28-16)20(25)26-2/h4-10H,3H2,1-2H3,(H3,22,23,24). The lowest BCUT2D eigenvalue weighted by Gasteiger charge is -2.11. The maximum atomic E-state index is 11.5. The van der Waals surface area contributed by atoms with Crippen LogP contribution in [0, 0.1) is 11.3 Å². The summed E-state index contributed by atoms with van der Waals surface area (Å²) in [6.45, 7) is 2.17. The molecule has 0 unspecified atom stereocenters. The van der Waals surface area contributed by atoms with Crippen molar-refractivity contribution in [1.29, 1.82) is 5.26 Å². The number of methoxy groups -OCH3 is 1. The third-order valence-corrected chi connectivity index (χ3v) is 3.84. The normalized spacial score (nSPS) is 10.2. The summed E-state index contributed by atoms with van der Waals surface area (Å²) in [5, 5.41) is 12.3. The number of hydrogen-bond acceptors (Lipinski definition) is 8. The number of aromatic nitrogens is 1. The second kappa shape index (κ2) is 8.14. The van der Waals surface area contributed by atoms with Gasteiger partial charge in [0.25, 0.3) is 0 Å². The second-order valence-electron chi connectivity index (χ2n) is 5.68. The summed E-state index contributed by atoms with van der Waals surface area (Å²) in [5.74, 6) is 0.805. The molecule has 8 nitrogen and oxygen atoms in total. The first kappa shape index (κ1) is 18.8. The Bertz CT molecular complexity index is 1040. The van der Waals surface area contributed by atoms with Crippen molar-refractivity contribution in [2.75, 3.05) is 24.8 Å². The number of pyridine rings is 1. The van der Waals surface area contributed by atoms with Gasteiger partial charge in [0, 0.05) is 17.3 Å². The van der Waals surface area contributed by atoms with Crippen LogP contribution in [-0.2, 0) is 4.74 Å². The second-order valence-corrected chi connectivity index (χ2v) is 5.68. The highest BCUT2D eigenvalue weighted by atomic mass is 16.5. The Morgan fingerprint density at radius 3 is 2.68 bits per heavy atom. The van der Waals surface area contributed by atoms with Crippen LogP contribution in [0.15, 0.2) is 46.9 Å². The molecule has 3 rings (SSSR count). The van der Waals surface area contributed by atoms with Crippen LogP contribution in [-0.4, -0.2) is 24.7 Å². The number of hydrogen-bond donors (Lipinski definition) is 2. The predicted octanol–water partition coefficient (Wildman–Crippen LogP) is 3.72. The number of nitrogens with one attached hydrogen (secondary N) is 1. The van der Waals surface area contributed by atoms with Gasteiger partial charge in [-0.1, -0.05) is 0 Å². The van der Waals surface area contributed by atoms with Gasteiger partial charge in [0.15, 0.2) is 0 Å². The van der Waals surface area contributed by atoms with E-state index in [2.05, 4.69) is 15.0 Å². The third-order valence-electron chi connectivity index (χ3n) is 3.84. The molecule has 2 aromatic heterocycles. The minimum absolute atomic E-state index is 0.139. The number of nitrogens with two attached hydrogens (primary N) is 1. The van der Waals surface area contributed by atoms with Gasteiger partial charge in [0.2, 0.25) is 11.6 Å². The summed E-state index contributed by atoms with van der Waals surface area (Å²) in [5.41, 5.74) is 7.96. The van der Waals surface area contributed by atoms with Gasteiger partial charge in [-0.05, 0) is 43.3 Å². The van der Waals surface area contributed by atoms with Gasteiger partial charge in [-0.2, -0.15) is 10.2 Å². The molecular weight excluding hydrogens is 360 g/mol. The van der Waals surface area contributed by atoms with E-state index < -0.39 is 5.97 Å². The van der Waals surface area contributed by atoms with Crippen molar-refractivity contribution in [2.24, 2.45) is 0 Å². The number of nitriles is 1. The number of rotatable bonds is 6. The number of anilines is 3. The van der Waals surface area contributed by atoms with Crippen molar-refractivity contribution in [1.82, 2.24) is 4.98 Å². The Morgan fingerprint density at radius 2 is 2.04 bits per heavy atom. The molecule has 2 heterocycles. The maximum Gasteiger partial charge on any atom is 0.373 e. The van der Waals surface area contributed by atoms with Gasteiger partial charge in [-0.15, -0.1) is 0 Å². The molecule has 0 atom stereocenters. The lowest BCUT2D eigenvalue weighted by molar-refractivity contribution is 0.0566. The summed E-state index contributed by atoms with van der Waals surface area (Å²) in [7, 11) is 1.30. The van der Waals surface area contributed by atoms with E-state index >= 15 is 0 Å². The van der Waals surface area contributed by atoms with Crippen LogP contribution >= 0.6 is 0 Å². The van der Waals surface area contributed by atoms with Crippen molar-refractivity contribution in [3.05, 3.63) is 53.8 Å². The van der Waals surface area contributed by atoms with Gasteiger partial charge in [0.05, 0.1) is 19.4 Å². The van der Waals surface area contributed by atoms with Gasteiger partial charge in [-0.3, -0.25) is 0 Å². The molecule has 3 N–H and O–H groups in total. The van der Waals surface area contributed by atoms with Crippen molar-refractivity contribution in [3.63, 3.8) is 0 Å². The molecular formula is C20H18N4O4. The Hall–Kier alpha value is -3.99. The number of nitrogen functional groups attached to an aromatic ring is 1. The summed E-state index contributed by atoms with van der Waals surface area (Å²) in [4.78, 5) is 15.8. The third kappa shape index (κ3) is 3.88.